The lowest BCUT2D eigenvalue weighted by atomic mass is 10.1. The van der Waals surface area contributed by atoms with E-state index in [0.29, 0.717) is 12.0 Å². The van der Waals surface area contributed by atoms with Crippen LogP contribution in [0.2, 0.25) is 0 Å². The maximum Gasteiger partial charge on any atom is 0.308 e. The van der Waals surface area contributed by atoms with Crippen LogP contribution in [0.3, 0.4) is 0 Å². The van der Waals surface area contributed by atoms with Crippen molar-refractivity contribution in [3.8, 4) is 0 Å². The minimum atomic E-state index is -0.910. The van der Waals surface area contributed by atoms with E-state index in [2.05, 4.69) is 5.32 Å². The molecule has 0 aliphatic heterocycles. The second-order valence-electron chi connectivity index (χ2n) is 4.30. The summed E-state index contributed by atoms with van der Waals surface area (Å²) in [4.78, 5) is 22.7. The van der Waals surface area contributed by atoms with Gasteiger partial charge in [0.15, 0.2) is 5.76 Å². The van der Waals surface area contributed by atoms with Gasteiger partial charge < -0.3 is 14.8 Å². The maximum absolute atomic E-state index is 11.9. The van der Waals surface area contributed by atoms with Crippen LogP contribution < -0.4 is 5.32 Å². The van der Waals surface area contributed by atoms with Crippen molar-refractivity contribution in [3.05, 3.63) is 36.1 Å². The van der Waals surface area contributed by atoms with Crippen LogP contribution in [0, 0.1) is 5.92 Å². The Kier molecular flexibility index (Phi) is 3.85. The van der Waals surface area contributed by atoms with Gasteiger partial charge in [-0.3, -0.25) is 9.59 Å². The summed E-state index contributed by atoms with van der Waals surface area (Å²) in [6.07, 6.45) is 0.468. The Morgan fingerprint density at radius 1 is 1.37 bits per heavy atom. The minimum Gasteiger partial charge on any atom is -0.481 e. The lowest BCUT2D eigenvalue weighted by Gasteiger charge is -2.09. The third-order valence-electron chi connectivity index (χ3n) is 3.00. The smallest absolute Gasteiger partial charge is 0.308 e. The lowest BCUT2D eigenvalue weighted by Crippen LogP contribution is -2.32. The van der Waals surface area contributed by atoms with Crippen LogP contribution in [0.25, 0.3) is 11.0 Å². The predicted molar refractivity (Wildman–Crippen MR) is 70.0 cm³/mol. The summed E-state index contributed by atoms with van der Waals surface area (Å²) in [6, 6.07) is 8.95. The fourth-order valence-corrected chi connectivity index (χ4v) is 1.80. The Morgan fingerprint density at radius 2 is 2.11 bits per heavy atom. The van der Waals surface area contributed by atoms with Gasteiger partial charge in [-0.1, -0.05) is 25.1 Å². The molecule has 5 heteroatoms. The van der Waals surface area contributed by atoms with E-state index < -0.39 is 17.8 Å². The van der Waals surface area contributed by atoms with E-state index in [-0.39, 0.29) is 12.3 Å². The van der Waals surface area contributed by atoms with Gasteiger partial charge >= 0.3 is 5.97 Å². The Labute approximate surface area is 110 Å². The molecular weight excluding hydrogens is 246 g/mol. The van der Waals surface area contributed by atoms with Crippen LogP contribution in [0.4, 0.5) is 0 Å². The first-order valence-corrected chi connectivity index (χ1v) is 6.11. The van der Waals surface area contributed by atoms with E-state index in [1.54, 1.807) is 19.1 Å². The molecule has 1 unspecified atom stereocenters. The number of carboxylic acids is 1. The van der Waals surface area contributed by atoms with Crippen molar-refractivity contribution >= 4 is 22.8 Å². The van der Waals surface area contributed by atoms with Crippen molar-refractivity contribution in [1.82, 2.24) is 5.32 Å². The number of furan rings is 1. The van der Waals surface area contributed by atoms with Gasteiger partial charge in [0.1, 0.15) is 5.58 Å². The molecule has 2 aromatic rings. The van der Waals surface area contributed by atoms with Crippen LogP contribution in [-0.4, -0.2) is 23.5 Å². The monoisotopic (exact) mass is 261 g/mol. The number of nitrogens with one attached hydrogen (secondary N) is 1. The fraction of sp³-hybridized carbons (Fsp3) is 0.286. The maximum atomic E-state index is 11.9. The summed E-state index contributed by atoms with van der Waals surface area (Å²) in [6.45, 7) is 1.87. The summed E-state index contributed by atoms with van der Waals surface area (Å²) in [5.74, 6) is -1.68. The number of amides is 1. The standard InChI is InChI=1S/C14H15NO4/c1-2-9(14(17)18)8-15-13(16)12-7-10-5-3-4-6-11(10)19-12/h3-7,9H,2,8H2,1H3,(H,15,16)(H,17,18). The molecule has 1 amide bonds. The van der Waals surface area contributed by atoms with Crippen LogP contribution in [0.1, 0.15) is 23.9 Å². The fourth-order valence-electron chi connectivity index (χ4n) is 1.80. The van der Waals surface area contributed by atoms with E-state index in [9.17, 15) is 9.59 Å². The molecule has 2 rings (SSSR count). The van der Waals surface area contributed by atoms with E-state index in [0.717, 1.165) is 5.39 Å². The summed E-state index contributed by atoms with van der Waals surface area (Å²) < 4.78 is 5.40. The van der Waals surface area contributed by atoms with Gasteiger partial charge in [-0.2, -0.15) is 0 Å². The molecule has 2 N–H and O–H groups in total. The third kappa shape index (κ3) is 2.93. The second-order valence-corrected chi connectivity index (χ2v) is 4.30. The zero-order valence-electron chi connectivity index (χ0n) is 10.6. The molecule has 0 radical (unpaired) electrons. The number of aliphatic carboxylic acids is 1. The number of carbonyl (C=O) groups is 2. The van der Waals surface area contributed by atoms with Crippen LogP contribution in [0.15, 0.2) is 34.7 Å². The molecule has 0 spiro atoms. The van der Waals surface area contributed by atoms with Gasteiger partial charge in [-0.15, -0.1) is 0 Å². The first-order valence-electron chi connectivity index (χ1n) is 6.11. The number of hydrogen-bond acceptors (Lipinski definition) is 3. The van der Waals surface area contributed by atoms with Crippen molar-refractivity contribution in [2.24, 2.45) is 5.92 Å². The van der Waals surface area contributed by atoms with E-state index in [1.807, 2.05) is 18.2 Å². The number of carboxylic acid groups (broad SMARTS) is 1. The molecule has 1 aromatic carbocycles. The van der Waals surface area contributed by atoms with Crippen molar-refractivity contribution in [2.45, 2.75) is 13.3 Å². The predicted octanol–water partition coefficient (Wildman–Crippen LogP) is 2.27. The number of carbonyl (C=O) groups excluding carboxylic acids is 1. The molecule has 5 nitrogen and oxygen atoms in total. The molecule has 0 saturated carbocycles. The highest BCUT2D eigenvalue weighted by Gasteiger charge is 2.18. The van der Waals surface area contributed by atoms with Gasteiger partial charge in [-0.05, 0) is 18.6 Å². The molecule has 0 fully saturated rings. The Balaban J connectivity index is 2.05. The average Bonchev–Trinajstić information content (AvgIpc) is 2.82. The molecular formula is C14H15NO4. The van der Waals surface area contributed by atoms with Crippen molar-refractivity contribution in [2.75, 3.05) is 6.54 Å². The molecule has 0 aliphatic carbocycles. The van der Waals surface area contributed by atoms with Gasteiger partial charge in [0, 0.05) is 11.9 Å². The third-order valence-corrected chi connectivity index (χ3v) is 3.00. The van der Waals surface area contributed by atoms with Crippen molar-refractivity contribution in [1.29, 1.82) is 0 Å². The number of fused-ring (bicyclic) bond motifs is 1. The molecule has 19 heavy (non-hydrogen) atoms. The largest absolute Gasteiger partial charge is 0.481 e. The highest BCUT2D eigenvalue weighted by Crippen LogP contribution is 2.18. The van der Waals surface area contributed by atoms with Crippen molar-refractivity contribution < 1.29 is 19.1 Å². The zero-order valence-corrected chi connectivity index (χ0v) is 10.6. The van der Waals surface area contributed by atoms with Crippen molar-refractivity contribution in [3.63, 3.8) is 0 Å². The summed E-state index contributed by atoms with van der Waals surface area (Å²) >= 11 is 0. The first kappa shape index (κ1) is 13.1. The van der Waals surface area contributed by atoms with E-state index in [4.69, 9.17) is 9.52 Å². The Morgan fingerprint density at radius 3 is 2.74 bits per heavy atom. The summed E-state index contributed by atoms with van der Waals surface area (Å²) in [7, 11) is 0. The molecule has 0 saturated heterocycles. The van der Waals surface area contributed by atoms with E-state index in [1.165, 1.54) is 0 Å². The highest BCUT2D eigenvalue weighted by atomic mass is 16.4. The van der Waals surface area contributed by atoms with Gasteiger partial charge in [0.25, 0.3) is 5.91 Å². The van der Waals surface area contributed by atoms with Gasteiger partial charge in [-0.25, -0.2) is 0 Å². The number of para-hydroxylation sites is 1. The van der Waals surface area contributed by atoms with Gasteiger partial charge in [0.2, 0.25) is 0 Å². The van der Waals surface area contributed by atoms with E-state index >= 15 is 0 Å². The highest BCUT2D eigenvalue weighted by molar-refractivity contribution is 5.96. The topological polar surface area (TPSA) is 79.5 Å². The molecule has 100 valence electrons. The second kappa shape index (κ2) is 5.56. The molecule has 1 aromatic heterocycles. The molecule has 1 heterocycles. The SMILES string of the molecule is CCC(CNC(=O)c1cc2ccccc2o1)C(=O)O. The van der Waals surface area contributed by atoms with Crippen LogP contribution in [0.5, 0.6) is 0 Å². The molecule has 0 bridgehead atoms. The number of rotatable bonds is 5. The minimum absolute atomic E-state index is 0.0989. The lowest BCUT2D eigenvalue weighted by molar-refractivity contribution is -0.141. The zero-order chi connectivity index (χ0) is 13.8. The number of hydrogen-bond donors (Lipinski definition) is 2. The summed E-state index contributed by atoms with van der Waals surface area (Å²) in [5, 5.41) is 12.3. The Hall–Kier alpha value is -2.30. The summed E-state index contributed by atoms with van der Waals surface area (Å²) in [5.41, 5.74) is 0.637. The van der Waals surface area contributed by atoms with Crippen LogP contribution >= 0.6 is 0 Å². The number of benzene rings is 1. The normalized spacial score (nSPS) is 12.3. The molecule has 0 aliphatic rings. The van der Waals surface area contributed by atoms with Crippen LogP contribution in [-0.2, 0) is 4.79 Å². The first-order chi connectivity index (χ1) is 9.11. The Bertz CT molecular complexity index is 569. The quantitative estimate of drug-likeness (QED) is 0.865. The molecule has 1 atom stereocenters. The van der Waals surface area contributed by atoms with Gasteiger partial charge in [0.05, 0.1) is 5.92 Å². The average molecular weight is 261 g/mol.